The summed E-state index contributed by atoms with van der Waals surface area (Å²) in [4.78, 5) is 38.9. The van der Waals surface area contributed by atoms with E-state index < -0.39 is 17.1 Å². The lowest BCUT2D eigenvalue weighted by atomic mass is 10.1. The minimum Gasteiger partial charge on any atom is -0.324 e. The third kappa shape index (κ3) is 4.00. The van der Waals surface area contributed by atoms with Crippen molar-refractivity contribution in [2.24, 2.45) is 0 Å². The Morgan fingerprint density at radius 2 is 2.04 bits per heavy atom. The van der Waals surface area contributed by atoms with E-state index in [4.69, 9.17) is 0 Å². The monoisotopic (exact) mass is 372 g/mol. The summed E-state index contributed by atoms with van der Waals surface area (Å²) in [5.41, 5.74) is 2.71. The van der Waals surface area contributed by atoms with Crippen molar-refractivity contribution in [1.29, 1.82) is 0 Å². The summed E-state index contributed by atoms with van der Waals surface area (Å²) in [5.74, 6) is -0.828. The number of carbonyl (C=O) groups is 3. The van der Waals surface area contributed by atoms with Gasteiger partial charge in [-0.05, 0) is 54.8 Å². The number of carbonyl (C=O) groups excluding carboxylic acids is 3. The van der Waals surface area contributed by atoms with Crippen LogP contribution in [0.5, 0.6) is 0 Å². The second-order valence-electron chi connectivity index (χ2n) is 5.65. The van der Waals surface area contributed by atoms with E-state index in [1.165, 1.54) is 11.3 Å². The number of hydrogen-bond donors (Lipinski definition) is 1. The minimum absolute atomic E-state index is 0.292. The number of nitrogens with zero attached hydrogens (tertiary/aromatic N) is 1. The lowest BCUT2D eigenvalue weighted by molar-refractivity contribution is -0.127. The maximum Gasteiger partial charge on any atom is 0.294 e. The van der Waals surface area contributed by atoms with Crippen molar-refractivity contribution in [2.75, 3.05) is 11.9 Å². The lowest BCUT2D eigenvalue weighted by Crippen LogP contribution is -2.36. The normalized spacial score (nSPS) is 15.9. The van der Waals surface area contributed by atoms with E-state index in [2.05, 4.69) is 5.32 Å². The third-order valence-corrected chi connectivity index (χ3v) is 5.37. The molecule has 0 saturated carbocycles. The van der Waals surface area contributed by atoms with Gasteiger partial charge in [0, 0.05) is 10.6 Å². The van der Waals surface area contributed by atoms with E-state index >= 15 is 0 Å². The molecule has 1 fully saturated rings. The van der Waals surface area contributed by atoms with Gasteiger partial charge in [0.05, 0.1) is 4.91 Å². The first kappa shape index (κ1) is 17.4. The van der Waals surface area contributed by atoms with Crippen molar-refractivity contribution >= 4 is 51.9 Å². The Hall–Kier alpha value is -2.38. The van der Waals surface area contributed by atoms with Crippen molar-refractivity contribution in [1.82, 2.24) is 4.90 Å². The smallest absolute Gasteiger partial charge is 0.294 e. The molecule has 1 aliphatic rings. The minimum atomic E-state index is -0.431. The van der Waals surface area contributed by atoms with Gasteiger partial charge in [-0.3, -0.25) is 19.3 Å². The highest BCUT2D eigenvalue weighted by molar-refractivity contribution is 8.18. The van der Waals surface area contributed by atoms with Crippen LogP contribution in [0.15, 0.2) is 40.6 Å². The Morgan fingerprint density at radius 3 is 2.72 bits per heavy atom. The first-order chi connectivity index (χ1) is 11.9. The predicted molar refractivity (Wildman–Crippen MR) is 102 cm³/mol. The van der Waals surface area contributed by atoms with E-state index in [1.807, 2.05) is 49.6 Å². The fraction of sp³-hybridized carbons (Fsp3) is 0.167. The Morgan fingerprint density at radius 1 is 1.24 bits per heavy atom. The maximum absolute atomic E-state index is 12.4. The fourth-order valence-electron chi connectivity index (χ4n) is 2.43. The van der Waals surface area contributed by atoms with E-state index in [-0.39, 0.29) is 6.54 Å². The van der Waals surface area contributed by atoms with Crippen LogP contribution in [0.25, 0.3) is 6.08 Å². The largest absolute Gasteiger partial charge is 0.324 e. The molecule has 1 aromatic heterocycles. The first-order valence-electron chi connectivity index (χ1n) is 7.60. The quantitative estimate of drug-likeness (QED) is 0.823. The first-order valence-corrected chi connectivity index (χ1v) is 9.29. The molecule has 2 aromatic rings. The predicted octanol–water partition coefficient (Wildman–Crippen LogP) is 4.04. The molecular weight excluding hydrogens is 356 g/mol. The highest BCUT2D eigenvalue weighted by atomic mass is 32.2. The summed E-state index contributed by atoms with van der Waals surface area (Å²) < 4.78 is 0. The summed E-state index contributed by atoms with van der Waals surface area (Å²) in [6, 6.07) is 9.41. The number of thioether (sulfide) groups is 1. The zero-order valence-corrected chi connectivity index (χ0v) is 15.4. The van der Waals surface area contributed by atoms with Crippen LogP contribution in [0.2, 0.25) is 0 Å². The van der Waals surface area contributed by atoms with Gasteiger partial charge in [-0.15, -0.1) is 11.3 Å². The molecule has 1 aromatic carbocycles. The molecule has 3 rings (SSSR count). The summed E-state index contributed by atoms with van der Waals surface area (Å²) in [6.45, 7) is 3.57. The number of thiophene rings is 1. The fourth-order valence-corrected chi connectivity index (χ4v) is 3.99. The molecule has 1 aliphatic heterocycles. The zero-order chi connectivity index (χ0) is 18.0. The maximum atomic E-state index is 12.4. The van der Waals surface area contributed by atoms with Gasteiger partial charge >= 0.3 is 0 Å². The molecule has 0 spiro atoms. The van der Waals surface area contributed by atoms with Gasteiger partial charge in [0.1, 0.15) is 6.54 Å². The van der Waals surface area contributed by atoms with E-state index in [1.54, 1.807) is 6.08 Å². The molecule has 1 saturated heterocycles. The molecule has 0 radical (unpaired) electrons. The summed E-state index contributed by atoms with van der Waals surface area (Å²) in [6.07, 6.45) is 1.68. The standard InChI is InChI=1S/C18H16N2O3S2/c1-11-5-6-14(12(2)8-11)19-16(21)10-20-17(22)15(25-18(20)23)9-13-4-3-7-24-13/h3-9H,10H2,1-2H3,(H,19,21)/b15-9-. The van der Waals surface area contributed by atoms with Crippen molar-refractivity contribution in [3.63, 3.8) is 0 Å². The number of aryl methyl sites for hydroxylation is 2. The molecule has 7 heteroatoms. The number of anilines is 1. The van der Waals surface area contributed by atoms with Crippen molar-refractivity contribution < 1.29 is 14.4 Å². The Bertz CT molecular complexity index is 872. The van der Waals surface area contributed by atoms with Gasteiger partial charge in [-0.25, -0.2) is 0 Å². The molecule has 2 heterocycles. The molecule has 25 heavy (non-hydrogen) atoms. The number of benzene rings is 1. The van der Waals surface area contributed by atoms with Crippen molar-refractivity contribution in [3.05, 3.63) is 56.6 Å². The van der Waals surface area contributed by atoms with Crippen LogP contribution in [-0.2, 0) is 9.59 Å². The van der Waals surface area contributed by atoms with Gasteiger partial charge in [0.15, 0.2) is 0 Å². The van der Waals surface area contributed by atoms with E-state index in [0.29, 0.717) is 10.6 Å². The zero-order valence-electron chi connectivity index (χ0n) is 13.7. The van der Waals surface area contributed by atoms with E-state index in [9.17, 15) is 14.4 Å². The molecule has 128 valence electrons. The Kier molecular flexibility index (Phi) is 5.06. The van der Waals surface area contributed by atoms with Crippen LogP contribution in [-0.4, -0.2) is 28.5 Å². The highest BCUT2D eigenvalue weighted by Gasteiger charge is 2.36. The number of rotatable bonds is 4. The molecule has 0 unspecified atom stereocenters. The van der Waals surface area contributed by atoms with Gasteiger partial charge in [-0.1, -0.05) is 23.8 Å². The molecule has 1 N–H and O–H groups in total. The van der Waals surface area contributed by atoms with Gasteiger partial charge in [0.25, 0.3) is 11.1 Å². The Labute approximate surface area is 153 Å². The number of hydrogen-bond acceptors (Lipinski definition) is 5. The van der Waals surface area contributed by atoms with Crippen LogP contribution in [0.4, 0.5) is 10.5 Å². The summed E-state index contributed by atoms with van der Waals surface area (Å²) in [5, 5.41) is 4.22. The average molecular weight is 372 g/mol. The molecule has 0 atom stereocenters. The van der Waals surface area contributed by atoms with Crippen molar-refractivity contribution in [3.8, 4) is 0 Å². The summed E-state index contributed by atoms with van der Waals surface area (Å²) >= 11 is 2.34. The second-order valence-corrected chi connectivity index (χ2v) is 7.62. The van der Waals surface area contributed by atoms with Crippen LogP contribution in [0.3, 0.4) is 0 Å². The molecular formula is C18H16N2O3S2. The van der Waals surface area contributed by atoms with Crippen LogP contribution in [0.1, 0.15) is 16.0 Å². The van der Waals surface area contributed by atoms with Gasteiger partial charge < -0.3 is 5.32 Å². The van der Waals surface area contributed by atoms with Gasteiger partial charge in [-0.2, -0.15) is 0 Å². The highest BCUT2D eigenvalue weighted by Crippen LogP contribution is 2.32. The summed E-state index contributed by atoms with van der Waals surface area (Å²) in [7, 11) is 0. The molecule has 3 amide bonds. The van der Waals surface area contributed by atoms with Crippen molar-refractivity contribution in [2.45, 2.75) is 13.8 Å². The third-order valence-electron chi connectivity index (χ3n) is 3.65. The number of nitrogens with one attached hydrogen (secondary N) is 1. The number of amides is 3. The topological polar surface area (TPSA) is 66.5 Å². The molecule has 5 nitrogen and oxygen atoms in total. The molecule has 0 bridgehead atoms. The van der Waals surface area contributed by atoms with Crippen LogP contribution >= 0.6 is 23.1 Å². The second kappa shape index (κ2) is 7.25. The van der Waals surface area contributed by atoms with Crippen LogP contribution in [0, 0.1) is 13.8 Å². The SMILES string of the molecule is Cc1ccc(NC(=O)CN2C(=O)S/C(=C\c3cccs3)C2=O)c(C)c1. The molecule has 0 aliphatic carbocycles. The van der Waals surface area contributed by atoms with E-state index in [0.717, 1.165) is 32.7 Å². The lowest BCUT2D eigenvalue weighted by Gasteiger charge is -2.13. The van der Waals surface area contributed by atoms with Gasteiger partial charge in [0.2, 0.25) is 5.91 Å². The Balaban J connectivity index is 1.69. The van der Waals surface area contributed by atoms with Crippen LogP contribution < -0.4 is 5.32 Å². The average Bonchev–Trinajstić information content (AvgIpc) is 3.15. The number of imide groups is 1.